The first kappa shape index (κ1) is 12.5. The zero-order valence-corrected chi connectivity index (χ0v) is 11.4. The quantitative estimate of drug-likeness (QED) is 0.856. The first-order valence-corrected chi connectivity index (χ1v) is 6.82. The minimum atomic E-state index is 0.0711. The van der Waals surface area contributed by atoms with Gasteiger partial charge in [-0.2, -0.15) is 0 Å². The van der Waals surface area contributed by atoms with Crippen molar-refractivity contribution in [3.8, 4) is 0 Å². The van der Waals surface area contributed by atoms with Crippen molar-refractivity contribution in [1.29, 1.82) is 0 Å². The van der Waals surface area contributed by atoms with Gasteiger partial charge in [0.15, 0.2) is 0 Å². The highest BCUT2D eigenvalue weighted by Crippen LogP contribution is 2.24. The molecule has 1 saturated heterocycles. The Hall–Kier alpha value is -0.940. The van der Waals surface area contributed by atoms with Crippen LogP contribution in [-0.2, 0) is 4.79 Å². The van der Waals surface area contributed by atoms with Crippen LogP contribution in [0, 0.1) is 19.8 Å². The van der Waals surface area contributed by atoms with Crippen LogP contribution >= 0.6 is 11.3 Å². The molecule has 0 aliphatic carbocycles. The highest BCUT2D eigenvalue weighted by atomic mass is 32.1. The van der Waals surface area contributed by atoms with Gasteiger partial charge in [0.1, 0.15) is 0 Å². The predicted octanol–water partition coefficient (Wildman–Crippen LogP) is 1.55. The van der Waals surface area contributed by atoms with Gasteiger partial charge in [-0.15, -0.1) is 11.3 Å². The number of aromatic nitrogens is 1. The van der Waals surface area contributed by atoms with Crippen LogP contribution < -0.4 is 10.6 Å². The Morgan fingerprint density at radius 2 is 2.29 bits per heavy atom. The van der Waals surface area contributed by atoms with Crippen LogP contribution in [0.3, 0.4) is 0 Å². The van der Waals surface area contributed by atoms with Crippen molar-refractivity contribution in [2.75, 3.05) is 13.1 Å². The van der Waals surface area contributed by atoms with Crippen molar-refractivity contribution in [1.82, 2.24) is 15.6 Å². The van der Waals surface area contributed by atoms with Gasteiger partial charge in [0.2, 0.25) is 5.91 Å². The smallest absolute Gasteiger partial charge is 0.220 e. The molecule has 17 heavy (non-hydrogen) atoms. The van der Waals surface area contributed by atoms with E-state index in [0.717, 1.165) is 23.8 Å². The van der Waals surface area contributed by atoms with E-state index in [4.69, 9.17) is 0 Å². The largest absolute Gasteiger partial charge is 0.349 e. The highest BCUT2D eigenvalue weighted by Gasteiger charge is 2.22. The summed E-state index contributed by atoms with van der Waals surface area (Å²) in [6, 6.07) is 0.0711. The average molecular weight is 253 g/mol. The minimum absolute atomic E-state index is 0.0711. The van der Waals surface area contributed by atoms with Crippen LogP contribution in [0.25, 0.3) is 0 Å². The molecule has 1 fully saturated rings. The van der Waals surface area contributed by atoms with E-state index in [1.165, 1.54) is 4.88 Å². The van der Waals surface area contributed by atoms with Crippen molar-refractivity contribution >= 4 is 17.2 Å². The zero-order chi connectivity index (χ0) is 12.4. The Morgan fingerprint density at radius 1 is 1.59 bits per heavy atom. The lowest BCUT2D eigenvalue weighted by molar-refractivity contribution is -0.123. The molecule has 2 N–H and O–H groups in total. The Kier molecular flexibility index (Phi) is 3.79. The van der Waals surface area contributed by atoms with Gasteiger partial charge in [-0.05, 0) is 39.8 Å². The molecule has 94 valence electrons. The van der Waals surface area contributed by atoms with E-state index in [2.05, 4.69) is 15.6 Å². The molecular formula is C12H19N3OS. The number of hydrogen-bond donors (Lipinski definition) is 2. The van der Waals surface area contributed by atoms with E-state index in [1.807, 2.05) is 20.8 Å². The number of carbonyl (C=O) groups excluding carboxylic acids is 1. The van der Waals surface area contributed by atoms with Gasteiger partial charge < -0.3 is 10.6 Å². The summed E-state index contributed by atoms with van der Waals surface area (Å²) in [4.78, 5) is 17.3. The summed E-state index contributed by atoms with van der Waals surface area (Å²) in [6.07, 6.45) is 0.633. The predicted molar refractivity (Wildman–Crippen MR) is 69.1 cm³/mol. The third kappa shape index (κ3) is 3.04. The molecule has 0 spiro atoms. The summed E-state index contributed by atoms with van der Waals surface area (Å²) < 4.78 is 0. The van der Waals surface area contributed by atoms with Crippen LogP contribution in [0.2, 0.25) is 0 Å². The molecule has 2 heterocycles. The lowest BCUT2D eigenvalue weighted by Gasteiger charge is -2.26. The van der Waals surface area contributed by atoms with Gasteiger partial charge in [0.25, 0.3) is 0 Å². The van der Waals surface area contributed by atoms with Crippen molar-refractivity contribution in [3.05, 3.63) is 15.6 Å². The third-order valence-electron chi connectivity index (χ3n) is 3.05. The second-order valence-electron chi connectivity index (χ2n) is 4.70. The summed E-state index contributed by atoms with van der Waals surface area (Å²) in [6.45, 7) is 7.96. The maximum atomic E-state index is 11.8. The van der Waals surface area contributed by atoms with E-state index in [1.54, 1.807) is 11.3 Å². The van der Waals surface area contributed by atoms with Crippen molar-refractivity contribution in [3.63, 3.8) is 0 Å². The molecule has 1 amide bonds. The first-order valence-electron chi connectivity index (χ1n) is 6.00. The van der Waals surface area contributed by atoms with Gasteiger partial charge in [0, 0.05) is 11.3 Å². The standard InChI is InChI=1S/C12H19N3OS/c1-7-12(17-9(3)14-7)8(2)15-11(16)4-10-5-13-6-10/h8,10,13H,4-6H2,1-3H3,(H,15,16). The topological polar surface area (TPSA) is 54.0 Å². The molecule has 1 atom stereocenters. The van der Waals surface area contributed by atoms with Gasteiger partial charge in [0.05, 0.1) is 16.7 Å². The number of nitrogens with zero attached hydrogens (tertiary/aromatic N) is 1. The highest BCUT2D eigenvalue weighted by molar-refractivity contribution is 7.11. The third-order valence-corrected chi connectivity index (χ3v) is 4.31. The Morgan fingerprint density at radius 3 is 2.76 bits per heavy atom. The Bertz CT molecular complexity index is 412. The second-order valence-corrected chi connectivity index (χ2v) is 5.93. The fourth-order valence-electron chi connectivity index (χ4n) is 2.07. The lowest BCUT2D eigenvalue weighted by atomic mass is 9.99. The minimum Gasteiger partial charge on any atom is -0.349 e. The van der Waals surface area contributed by atoms with E-state index >= 15 is 0 Å². The summed E-state index contributed by atoms with van der Waals surface area (Å²) >= 11 is 1.66. The molecule has 0 aromatic carbocycles. The summed E-state index contributed by atoms with van der Waals surface area (Å²) in [5.74, 6) is 0.668. The summed E-state index contributed by atoms with van der Waals surface area (Å²) in [5, 5.41) is 7.29. The molecule has 2 rings (SSSR count). The number of thiazole rings is 1. The van der Waals surface area contributed by atoms with Crippen LogP contribution in [0.5, 0.6) is 0 Å². The maximum Gasteiger partial charge on any atom is 0.220 e. The molecule has 0 radical (unpaired) electrons. The zero-order valence-electron chi connectivity index (χ0n) is 10.5. The average Bonchev–Trinajstić information content (AvgIpc) is 2.52. The van der Waals surface area contributed by atoms with E-state index in [0.29, 0.717) is 12.3 Å². The fraction of sp³-hybridized carbons (Fsp3) is 0.667. The molecule has 1 aliphatic heterocycles. The van der Waals surface area contributed by atoms with Crippen molar-refractivity contribution in [2.45, 2.75) is 33.2 Å². The molecular weight excluding hydrogens is 234 g/mol. The van der Waals surface area contributed by atoms with E-state index in [-0.39, 0.29) is 11.9 Å². The normalized spacial score (nSPS) is 17.6. The van der Waals surface area contributed by atoms with E-state index in [9.17, 15) is 4.79 Å². The SMILES string of the molecule is Cc1nc(C)c(C(C)NC(=O)CC2CNC2)s1. The molecule has 1 unspecified atom stereocenters. The number of carbonyl (C=O) groups is 1. The van der Waals surface area contributed by atoms with Crippen LogP contribution in [0.15, 0.2) is 0 Å². The number of aryl methyl sites for hydroxylation is 2. The summed E-state index contributed by atoms with van der Waals surface area (Å²) in [5.41, 5.74) is 1.03. The molecule has 1 aromatic rings. The molecule has 0 bridgehead atoms. The number of hydrogen-bond acceptors (Lipinski definition) is 4. The number of amides is 1. The van der Waals surface area contributed by atoms with Gasteiger partial charge >= 0.3 is 0 Å². The lowest BCUT2D eigenvalue weighted by Crippen LogP contribution is -2.44. The molecule has 1 aliphatic rings. The van der Waals surface area contributed by atoms with Gasteiger partial charge in [-0.25, -0.2) is 4.98 Å². The van der Waals surface area contributed by atoms with Gasteiger partial charge in [-0.3, -0.25) is 4.79 Å². The molecule has 0 saturated carbocycles. The van der Waals surface area contributed by atoms with Gasteiger partial charge in [-0.1, -0.05) is 0 Å². The summed E-state index contributed by atoms with van der Waals surface area (Å²) in [7, 11) is 0. The second kappa shape index (κ2) is 5.14. The van der Waals surface area contributed by atoms with E-state index < -0.39 is 0 Å². The number of rotatable bonds is 4. The van der Waals surface area contributed by atoms with Crippen molar-refractivity contribution in [2.24, 2.45) is 5.92 Å². The molecule has 4 nitrogen and oxygen atoms in total. The van der Waals surface area contributed by atoms with Crippen LogP contribution in [0.1, 0.15) is 35.0 Å². The Labute approximate surface area is 106 Å². The van der Waals surface area contributed by atoms with Crippen LogP contribution in [-0.4, -0.2) is 24.0 Å². The Balaban J connectivity index is 1.89. The molecule has 1 aromatic heterocycles. The fourth-order valence-corrected chi connectivity index (χ4v) is 3.00. The molecule has 5 heteroatoms. The number of nitrogens with one attached hydrogen (secondary N) is 2. The van der Waals surface area contributed by atoms with Crippen LogP contribution in [0.4, 0.5) is 0 Å². The van der Waals surface area contributed by atoms with Crippen molar-refractivity contribution < 1.29 is 4.79 Å². The monoisotopic (exact) mass is 253 g/mol. The maximum absolute atomic E-state index is 11.8. The first-order chi connectivity index (χ1) is 8.06.